The lowest BCUT2D eigenvalue weighted by atomic mass is 10.1. The lowest BCUT2D eigenvalue weighted by Gasteiger charge is -2.19. The van der Waals surface area contributed by atoms with Gasteiger partial charge < -0.3 is 10.6 Å². The predicted molar refractivity (Wildman–Crippen MR) is 149 cm³/mol. The van der Waals surface area contributed by atoms with Gasteiger partial charge >= 0.3 is 0 Å². The van der Waals surface area contributed by atoms with Crippen molar-refractivity contribution >= 4 is 44.8 Å². The fourth-order valence-corrected chi connectivity index (χ4v) is 4.74. The van der Waals surface area contributed by atoms with Crippen molar-refractivity contribution in [2.45, 2.75) is 25.8 Å². The maximum atomic E-state index is 12.9. The van der Waals surface area contributed by atoms with Gasteiger partial charge in [0, 0.05) is 34.8 Å². The number of likely N-dealkylation sites (tertiary alicyclic amines) is 1. The molecule has 1 atom stereocenters. The summed E-state index contributed by atoms with van der Waals surface area (Å²) in [7, 11) is 3.91. The van der Waals surface area contributed by atoms with Crippen molar-refractivity contribution in [3.63, 3.8) is 0 Å². The van der Waals surface area contributed by atoms with E-state index < -0.39 is 0 Å². The summed E-state index contributed by atoms with van der Waals surface area (Å²) >= 11 is 0. The van der Waals surface area contributed by atoms with Crippen LogP contribution in [0.3, 0.4) is 0 Å². The lowest BCUT2D eigenvalue weighted by Crippen LogP contribution is -2.40. The molecule has 0 bridgehead atoms. The molecule has 3 heterocycles. The van der Waals surface area contributed by atoms with Crippen LogP contribution >= 0.6 is 0 Å². The maximum Gasteiger partial charge on any atom is 0.241 e. The number of hydrogen-bond donors (Lipinski definition) is 2. The number of likely N-dealkylation sites (N-methyl/N-ethyl adjacent to an activating group) is 1. The fourth-order valence-electron chi connectivity index (χ4n) is 4.74. The van der Waals surface area contributed by atoms with Crippen molar-refractivity contribution in [3.05, 3.63) is 85.0 Å². The Morgan fingerprint density at radius 1 is 1.16 bits per heavy atom. The maximum absolute atomic E-state index is 12.9. The fraction of sp³-hybridized carbons (Fsp3) is 0.241. The van der Waals surface area contributed by atoms with E-state index in [-0.39, 0.29) is 11.9 Å². The van der Waals surface area contributed by atoms with Crippen LogP contribution in [0, 0.1) is 0 Å². The van der Waals surface area contributed by atoms with Crippen LogP contribution in [0.1, 0.15) is 25.6 Å². The Kier molecular flexibility index (Phi) is 6.83. The number of rotatable bonds is 7. The monoisotopic (exact) mass is 493 g/mol. The van der Waals surface area contributed by atoms with Gasteiger partial charge in [-0.3, -0.25) is 14.4 Å². The van der Waals surface area contributed by atoms with Crippen molar-refractivity contribution in [1.29, 1.82) is 0 Å². The van der Waals surface area contributed by atoms with Crippen LogP contribution in [0.5, 0.6) is 0 Å². The highest BCUT2D eigenvalue weighted by Gasteiger charge is 2.27. The van der Waals surface area contributed by atoms with Crippen molar-refractivity contribution in [2.24, 2.45) is 7.05 Å². The van der Waals surface area contributed by atoms with E-state index in [0.29, 0.717) is 17.3 Å². The summed E-state index contributed by atoms with van der Waals surface area (Å²) in [6.45, 7) is 6.77. The first-order valence-electron chi connectivity index (χ1n) is 12.4. The number of nitrogens with zero attached hydrogens (tertiary/aromatic N) is 5. The average molecular weight is 494 g/mol. The van der Waals surface area contributed by atoms with Gasteiger partial charge in [0.2, 0.25) is 5.91 Å². The molecule has 0 aliphatic carbocycles. The van der Waals surface area contributed by atoms with Crippen LogP contribution in [-0.4, -0.2) is 50.2 Å². The van der Waals surface area contributed by atoms with Gasteiger partial charge in [0.25, 0.3) is 0 Å². The third-order valence-corrected chi connectivity index (χ3v) is 6.80. The zero-order valence-corrected chi connectivity index (χ0v) is 21.4. The molecule has 2 N–H and O–H groups in total. The summed E-state index contributed by atoms with van der Waals surface area (Å²) in [5, 5.41) is 12.8. The number of carbonyl (C=O) groups excluding carboxylic acids is 1. The molecule has 0 spiro atoms. The summed E-state index contributed by atoms with van der Waals surface area (Å²) < 4.78 is 1.85. The van der Waals surface area contributed by atoms with Crippen LogP contribution in [0.2, 0.25) is 0 Å². The molecular formula is C29H31N7O. The lowest BCUT2D eigenvalue weighted by molar-refractivity contribution is -0.124. The molecule has 188 valence electrons. The zero-order chi connectivity index (χ0) is 25.9. The van der Waals surface area contributed by atoms with E-state index in [1.807, 2.05) is 80.4 Å². The van der Waals surface area contributed by atoms with Crippen molar-refractivity contribution in [2.75, 3.05) is 18.9 Å². The Morgan fingerprint density at radius 3 is 2.76 bits per heavy atom. The molecule has 1 saturated heterocycles. The first-order valence-corrected chi connectivity index (χ1v) is 12.4. The number of hydrogen-bond acceptors (Lipinski definition) is 6. The van der Waals surface area contributed by atoms with Gasteiger partial charge in [-0.25, -0.2) is 9.97 Å². The third-order valence-electron chi connectivity index (χ3n) is 6.80. The van der Waals surface area contributed by atoms with Crippen LogP contribution < -0.4 is 10.6 Å². The van der Waals surface area contributed by atoms with E-state index in [9.17, 15) is 4.79 Å². The molecular weight excluding hydrogens is 462 g/mol. The molecule has 1 aliphatic rings. The highest BCUT2D eigenvalue weighted by molar-refractivity contribution is 5.93. The number of aryl methyl sites for hydroxylation is 1. The summed E-state index contributed by atoms with van der Waals surface area (Å²) in [6.07, 6.45) is 9.19. The van der Waals surface area contributed by atoms with Crippen molar-refractivity contribution in [3.8, 4) is 0 Å². The number of nitrogens with one attached hydrogen (secondary N) is 2. The predicted octanol–water partition coefficient (Wildman–Crippen LogP) is 4.94. The number of fused-ring (bicyclic) bond motifs is 2. The van der Waals surface area contributed by atoms with Gasteiger partial charge in [0.05, 0.1) is 23.3 Å². The summed E-state index contributed by atoms with van der Waals surface area (Å²) in [5.74, 6) is 1.24. The van der Waals surface area contributed by atoms with Gasteiger partial charge in [-0.15, -0.1) is 0 Å². The Morgan fingerprint density at radius 2 is 2.00 bits per heavy atom. The molecule has 2 aromatic heterocycles. The molecule has 2 aromatic carbocycles. The van der Waals surface area contributed by atoms with Crippen LogP contribution in [0.15, 0.2) is 79.2 Å². The second kappa shape index (κ2) is 10.4. The second-order valence-electron chi connectivity index (χ2n) is 9.26. The molecule has 8 nitrogen and oxygen atoms in total. The highest BCUT2D eigenvalue weighted by atomic mass is 16.2. The van der Waals surface area contributed by atoms with Crippen molar-refractivity contribution < 1.29 is 4.79 Å². The van der Waals surface area contributed by atoms with Crippen LogP contribution in [0.4, 0.5) is 11.5 Å². The SMILES string of the molecule is C=CC(=CC(=CC)c1nc(Nc2ccc3c(cnn3C)c2)c2ccccc2n1)NC(=O)C1CCCN1C. The minimum absolute atomic E-state index is 0.0193. The highest BCUT2D eigenvalue weighted by Crippen LogP contribution is 2.28. The third kappa shape index (κ3) is 5.01. The number of amides is 1. The van der Waals surface area contributed by atoms with Crippen molar-refractivity contribution in [1.82, 2.24) is 30.0 Å². The van der Waals surface area contributed by atoms with E-state index in [1.54, 1.807) is 6.08 Å². The number of benzene rings is 2. The van der Waals surface area contributed by atoms with Gasteiger partial charge in [0.15, 0.2) is 5.82 Å². The molecule has 1 aliphatic heterocycles. The Bertz CT molecular complexity index is 1550. The first kappa shape index (κ1) is 24.4. The minimum Gasteiger partial charge on any atom is -0.340 e. The molecule has 1 amide bonds. The molecule has 0 saturated carbocycles. The molecule has 1 unspecified atom stereocenters. The smallest absolute Gasteiger partial charge is 0.241 e. The van der Waals surface area contributed by atoms with E-state index in [0.717, 1.165) is 52.5 Å². The quantitative estimate of drug-likeness (QED) is 0.355. The first-order chi connectivity index (χ1) is 18.0. The summed E-state index contributed by atoms with van der Waals surface area (Å²) in [5.41, 5.74) is 4.19. The second-order valence-corrected chi connectivity index (χ2v) is 9.26. The Labute approximate surface area is 216 Å². The standard InChI is InChI=1S/C29H31N7O/c1-5-19(16-21(6-2)32-29(37)26-12-9-15-35(26)3)27-33-24-11-8-7-10-23(24)28(34-27)31-22-13-14-25-20(17-22)18-30-36(25)4/h5-8,10-11,13-14,16-18,26H,2,9,12,15H2,1,3-4H3,(H,32,37)(H,31,33,34). The van der Waals surface area contributed by atoms with Gasteiger partial charge in [-0.2, -0.15) is 5.10 Å². The molecule has 5 rings (SSSR count). The van der Waals surface area contributed by atoms with Crippen LogP contribution in [0.25, 0.3) is 27.4 Å². The Balaban J connectivity index is 1.48. The Hall–Kier alpha value is -4.30. The zero-order valence-electron chi connectivity index (χ0n) is 21.4. The molecule has 8 heteroatoms. The molecule has 37 heavy (non-hydrogen) atoms. The van der Waals surface area contributed by atoms with Gasteiger partial charge in [-0.05, 0) is 75.8 Å². The van der Waals surface area contributed by atoms with E-state index in [2.05, 4.69) is 33.3 Å². The largest absolute Gasteiger partial charge is 0.340 e. The van der Waals surface area contributed by atoms with E-state index >= 15 is 0 Å². The minimum atomic E-state index is -0.123. The summed E-state index contributed by atoms with van der Waals surface area (Å²) in [6, 6.07) is 13.9. The number of allylic oxidation sites excluding steroid dienone is 4. The molecule has 4 aromatic rings. The van der Waals surface area contributed by atoms with Gasteiger partial charge in [-0.1, -0.05) is 24.8 Å². The average Bonchev–Trinajstić information content (AvgIpc) is 3.51. The molecule has 0 radical (unpaired) electrons. The number of para-hydroxylation sites is 1. The van der Waals surface area contributed by atoms with E-state index in [4.69, 9.17) is 9.97 Å². The number of anilines is 2. The van der Waals surface area contributed by atoms with Crippen LogP contribution in [-0.2, 0) is 11.8 Å². The summed E-state index contributed by atoms with van der Waals surface area (Å²) in [4.78, 5) is 24.7. The van der Waals surface area contributed by atoms with E-state index in [1.165, 1.54) is 0 Å². The normalized spacial score (nSPS) is 16.9. The molecule has 1 fully saturated rings. The number of aromatic nitrogens is 4. The van der Waals surface area contributed by atoms with Gasteiger partial charge in [0.1, 0.15) is 5.82 Å². The topological polar surface area (TPSA) is 88.0 Å². The number of carbonyl (C=O) groups is 1.